The SMILES string of the molecule is CC(C)c1nn(-c2ccccc2)cc1CNC1CCS(=O)(=O)C1.Cl. The van der Waals surface area contributed by atoms with Crippen LogP contribution < -0.4 is 5.32 Å². The van der Waals surface area contributed by atoms with Gasteiger partial charge in [0.15, 0.2) is 9.84 Å². The van der Waals surface area contributed by atoms with E-state index in [1.165, 1.54) is 0 Å². The summed E-state index contributed by atoms with van der Waals surface area (Å²) in [6.45, 7) is 4.91. The molecule has 5 nitrogen and oxygen atoms in total. The van der Waals surface area contributed by atoms with Crippen LogP contribution in [0.2, 0.25) is 0 Å². The van der Waals surface area contributed by atoms with E-state index in [0.717, 1.165) is 16.9 Å². The first-order chi connectivity index (χ1) is 10.9. The Bertz CT molecular complexity index is 772. The Hall–Kier alpha value is -1.37. The number of hydrogen-bond donors (Lipinski definition) is 1. The normalized spacial score (nSPS) is 19.4. The summed E-state index contributed by atoms with van der Waals surface area (Å²) in [5, 5.41) is 8.09. The molecule has 1 N–H and O–H groups in total. The Morgan fingerprint density at radius 3 is 2.58 bits per heavy atom. The minimum Gasteiger partial charge on any atom is -0.309 e. The number of hydrogen-bond acceptors (Lipinski definition) is 4. The average molecular weight is 370 g/mol. The van der Waals surface area contributed by atoms with E-state index >= 15 is 0 Å². The molecular formula is C17H24ClN3O2S. The van der Waals surface area contributed by atoms with Crippen molar-refractivity contribution in [2.45, 2.75) is 38.8 Å². The molecule has 0 spiro atoms. The van der Waals surface area contributed by atoms with Crippen LogP contribution >= 0.6 is 12.4 Å². The Kier molecular flexibility index (Phi) is 6.06. The highest BCUT2D eigenvalue weighted by molar-refractivity contribution is 7.91. The summed E-state index contributed by atoms with van der Waals surface area (Å²) < 4.78 is 25.0. The molecule has 2 aromatic rings. The molecule has 1 atom stereocenters. The fourth-order valence-electron chi connectivity index (χ4n) is 2.97. The van der Waals surface area contributed by atoms with Gasteiger partial charge in [0.1, 0.15) is 0 Å². The van der Waals surface area contributed by atoms with Crippen LogP contribution in [-0.2, 0) is 16.4 Å². The van der Waals surface area contributed by atoms with Crippen LogP contribution in [0.4, 0.5) is 0 Å². The van der Waals surface area contributed by atoms with E-state index in [-0.39, 0.29) is 24.2 Å². The van der Waals surface area contributed by atoms with Crippen LogP contribution in [0.1, 0.15) is 37.4 Å². The third-order valence-electron chi connectivity index (χ3n) is 4.20. The monoisotopic (exact) mass is 369 g/mol. The Labute approximate surface area is 149 Å². The molecule has 1 aromatic heterocycles. The molecule has 132 valence electrons. The number of para-hydroxylation sites is 1. The van der Waals surface area contributed by atoms with Gasteiger partial charge in [0.25, 0.3) is 0 Å². The zero-order valence-electron chi connectivity index (χ0n) is 14.0. The first-order valence-corrected chi connectivity index (χ1v) is 9.84. The molecule has 0 radical (unpaired) electrons. The van der Waals surface area contributed by atoms with E-state index < -0.39 is 9.84 Å². The van der Waals surface area contributed by atoms with Crippen molar-refractivity contribution >= 4 is 22.2 Å². The molecule has 1 aliphatic heterocycles. The van der Waals surface area contributed by atoms with Crippen molar-refractivity contribution < 1.29 is 8.42 Å². The maximum Gasteiger partial charge on any atom is 0.151 e. The second-order valence-corrected chi connectivity index (χ2v) is 8.68. The van der Waals surface area contributed by atoms with E-state index in [9.17, 15) is 8.42 Å². The van der Waals surface area contributed by atoms with Crippen LogP contribution in [0.15, 0.2) is 36.5 Å². The van der Waals surface area contributed by atoms with E-state index in [0.29, 0.717) is 24.6 Å². The van der Waals surface area contributed by atoms with Crippen molar-refractivity contribution in [3.05, 3.63) is 47.8 Å². The lowest BCUT2D eigenvalue weighted by atomic mass is 10.1. The van der Waals surface area contributed by atoms with Gasteiger partial charge in [-0.2, -0.15) is 5.10 Å². The number of nitrogens with one attached hydrogen (secondary N) is 1. The van der Waals surface area contributed by atoms with E-state index in [4.69, 9.17) is 5.10 Å². The van der Waals surface area contributed by atoms with Gasteiger partial charge in [-0.05, 0) is 24.5 Å². The number of nitrogens with zero attached hydrogens (tertiary/aromatic N) is 2. The third-order valence-corrected chi connectivity index (χ3v) is 5.97. The molecule has 1 saturated heterocycles. The van der Waals surface area contributed by atoms with Gasteiger partial charge < -0.3 is 5.32 Å². The molecule has 2 heterocycles. The molecule has 1 unspecified atom stereocenters. The van der Waals surface area contributed by atoms with Crippen molar-refractivity contribution in [2.24, 2.45) is 0 Å². The summed E-state index contributed by atoms with van der Waals surface area (Å²) in [6, 6.07) is 10.1. The van der Waals surface area contributed by atoms with E-state index in [1.54, 1.807) is 0 Å². The van der Waals surface area contributed by atoms with Crippen LogP contribution in [0.5, 0.6) is 0 Å². The predicted octanol–water partition coefficient (Wildman–Crippen LogP) is 2.69. The molecular weight excluding hydrogens is 346 g/mol. The molecule has 24 heavy (non-hydrogen) atoms. The highest BCUT2D eigenvalue weighted by atomic mass is 35.5. The molecule has 0 amide bonds. The smallest absolute Gasteiger partial charge is 0.151 e. The summed E-state index contributed by atoms with van der Waals surface area (Å²) in [5.41, 5.74) is 3.22. The summed E-state index contributed by atoms with van der Waals surface area (Å²) in [6.07, 6.45) is 2.74. The van der Waals surface area contributed by atoms with Crippen molar-refractivity contribution in [3.63, 3.8) is 0 Å². The van der Waals surface area contributed by atoms with Gasteiger partial charge in [-0.25, -0.2) is 13.1 Å². The van der Waals surface area contributed by atoms with Crippen LogP contribution in [0.3, 0.4) is 0 Å². The van der Waals surface area contributed by atoms with Crippen LogP contribution in [0.25, 0.3) is 5.69 Å². The molecule has 0 bridgehead atoms. The molecule has 1 aromatic carbocycles. The van der Waals surface area contributed by atoms with Gasteiger partial charge in [0.2, 0.25) is 0 Å². The lowest BCUT2D eigenvalue weighted by Crippen LogP contribution is -2.29. The Morgan fingerprint density at radius 1 is 1.29 bits per heavy atom. The van der Waals surface area contributed by atoms with Crippen LogP contribution in [-0.4, -0.2) is 35.7 Å². The molecule has 7 heteroatoms. The highest BCUT2D eigenvalue weighted by Crippen LogP contribution is 2.21. The molecule has 0 saturated carbocycles. The number of rotatable bonds is 5. The summed E-state index contributed by atoms with van der Waals surface area (Å²) >= 11 is 0. The van der Waals surface area contributed by atoms with Gasteiger partial charge >= 0.3 is 0 Å². The zero-order chi connectivity index (χ0) is 16.4. The quantitative estimate of drug-likeness (QED) is 0.880. The van der Waals surface area contributed by atoms with Crippen LogP contribution in [0, 0.1) is 0 Å². The van der Waals surface area contributed by atoms with Gasteiger partial charge in [-0.3, -0.25) is 0 Å². The van der Waals surface area contributed by atoms with Gasteiger partial charge in [-0.1, -0.05) is 32.0 Å². The average Bonchev–Trinajstić information content (AvgIpc) is 3.09. The summed E-state index contributed by atoms with van der Waals surface area (Å²) in [7, 11) is -2.85. The Morgan fingerprint density at radius 2 is 2.00 bits per heavy atom. The first kappa shape index (κ1) is 19.0. The molecule has 1 aliphatic rings. The summed E-state index contributed by atoms with van der Waals surface area (Å²) in [4.78, 5) is 0. The lowest BCUT2D eigenvalue weighted by Gasteiger charge is -2.11. The van der Waals surface area contributed by atoms with E-state index in [1.807, 2.05) is 41.2 Å². The zero-order valence-corrected chi connectivity index (χ0v) is 15.6. The van der Waals surface area contributed by atoms with Gasteiger partial charge in [0.05, 0.1) is 22.9 Å². The number of aromatic nitrogens is 2. The second-order valence-electron chi connectivity index (χ2n) is 6.46. The maximum atomic E-state index is 11.6. The van der Waals surface area contributed by atoms with Crippen molar-refractivity contribution in [2.75, 3.05) is 11.5 Å². The summed E-state index contributed by atoms with van der Waals surface area (Å²) in [5.74, 6) is 0.867. The van der Waals surface area contributed by atoms with E-state index in [2.05, 4.69) is 19.2 Å². The highest BCUT2D eigenvalue weighted by Gasteiger charge is 2.27. The Balaban J connectivity index is 0.00000208. The number of halogens is 1. The standard InChI is InChI=1S/C17H23N3O2S.ClH/c1-13(2)17-14(10-18-15-8-9-23(21,22)12-15)11-20(19-17)16-6-4-3-5-7-16;/h3-7,11,13,15,18H,8-10,12H2,1-2H3;1H. The minimum absolute atomic E-state index is 0. The molecule has 3 rings (SSSR count). The van der Waals surface area contributed by atoms with Crippen molar-refractivity contribution in [1.29, 1.82) is 0 Å². The fraction of sp³-hybridized carbons (Fsp3) is 0.471. The first-order valence-electron chi connectivity index (χ1n) is 8.02. The van der Waals surface area contributed by atoms with Crippen molar-refractivity contribution in [3.8, 4) is 5.69 Å². The molecule has 0 aliphatic carbocycles. The number of benzene rings is 1. The lowest BCUT2D eigenvalue weighted by molar-refractivity contribution is 0.551. The van der Waals surface area contributed by atoms with Gasteiger partial charge in [0, 0.05) is 24.3 Å². The fourth-order valence-corrected chi connectivity index (χ4v) is 4.68. The number of sulfone groups is 1. The minimum atomic E-state index is -2.85. The second kappa shape index (κ2) is 7.68. The van der Waals surface area contributed by atoms with Crippen molar-refractivity contribution in [1.82, 2.24) is 15.1 Å². The largest absolute Gasteiger partial charge is 0.309 e. The van der Waals surface area contributed by atoms with Gasteiger partial charge in [-0.15, -0.1) is 12.4 Å². The molecule has 1 fully saturated rings. The maximum absolute atomic E-state index is 11.6. The predicted molar refractivity (Wildman–Crippen MR) is 98.8 cm³/mol. The topological polar surface area (TPSA) is 64.0 Å². The third kappa shape index (κ3) is 4.37.